The van der Waals surface area contributed by atoms with E-state index in [1.807, 2.05) is 53.9 Å². The van der Waals surface area contributed by atoms with Gasteiger partial charge in [-0.3, -0.25) is 14.2 Å². The minimum atomic E-state index is -0.258. The monoisotopic (exact) mass is 481 g/mol. The summed E-state index contributed by atoms with van der Waals surface area (Å²) in [6.45, 7) is 4.06. The third-order valence-electron chi connectivity index (χ3n) is 4.89. The van der Waals surface area contributed by atoms with Crippen LogP contribution in [0.1, 0.15) is 25.3 Å². The Balaban J connectivity index is 1.65. The standard InChI is InChI=1S/C23H20BrN3O2S/c1-14(2)17-5-3-4-6-19(17)26-20(28)11-27-13-25-22-21(23(27)29)18(12-30-22)15-7-9-16(24)10-8-15/h3-10,12-14H,11H2,1-2H3,(H,26,28). The van der Waals surface area contributed by atoms with Gasteiger partial charge < -0.3 is 5.32 Å². The molecule has 0 aliphatic carbocycles. The number of amides is 1. The van der Waals surface area contributed by atoms with Gasteiger partial charge in [0.25, 0.3) is 5.56 Å². The maximum absolute atomic E-state index is 13.2. The van der Waals surface area contributed by atoms with Crippen molar-refractivity contribution in [3.63, 3.8) is 0 Å². The largest absolute Gasteiger partial charge is 0.324 e. The summed E-state index contributed by atoms with van der Waals surface area (Å²) in [4.78, 5) is 30.9. The van der Waals surface area contributed by atoms with Crippen molar-refractivity contribution in [3.05, 3.63) is 80.6 Å². The summed E-state index contributed by atoms with van der Waals surface area (Å²) in [6, 6.07) is 15.5. The Morgan fingerprint density at radius 3 is 2.63 bits per heavy atom. The Morgan fingerprint density at radius 1 is 1.17 bits per heavy atom. The highest BCUT2D eigenvalue weighted by Gasteiger charge is 2.15. The van der Waals surface area contributed by atoms with Gasteiger partial charge in [0.15, 0.2) is 0 Å². The summed E-state index contributed by atoms with van der Waals surface area (Å²) in [5, 5.41) is 5.41. The maximum Gasteiger partial charge on any atom is 0.263 e. The van der Waals surface area contributed by atoms with E-state index in [1.54, 1.807) is 0 Å². The average molecular weight is 482 g/mol. The van der Waals surface area contributed by atoms with E-state index in [1.165, 1.54) is 22.2 Å². The van der Waals surface area contributed by atoms with Crippen LogP contribution in [-0.4, -0.2) is 15.5 Å². The molecule has 30 heavy (non-hydrogen) atoms. The van der Waals surface area contributed by atoms with Gasteiger partial charge in [0, 0.05) is 21.1 Å². The molecule has 2 heterocycles. The van der Waals surface area contributed by atoms with Crippen molar-refractivity contribution in [1.29, 1.82) is 0 Å². The fourth-order valence-electron chi connectivity index (χ4n) is 3.38. The molecule has 0 spiro atoms. The van der Waals surface area contributed by atoms with E-state index in [2.05, 4.69) is 40.1 Å². The van der Waals surface area contributed by atoms with Crippen LogP contribution < -0.4 is 10.9 Å². The molecule has 2 aromatic carbocycles. The number of aromatic nitrogens is 2. The molecular weight excluding hydrogens is 462 g/mol. The first-order valence-corrected chi connectivity index (χ1v) is 11.2. The van der Waals surface area contributed by atoms with Crippen LogP contribution in [0.2, 0.25) is 0 Å². The van der Waals surface area contributed by atoms with Crippen molar-refractivity contribution in [2.75, 3.05) is 5.32 Å². The minimum absolute atomic E-state index is 0.0934. The van der Waals surface area contributed by atoms with Gasteiger partial charge in [-0.05, 0) is 35.2 Å². The van der Waals surface area contributed by atoms with Crippen LogP contribution in [-0.2, 0) is 11.3 Å². The fourth-order valence-corrected chi connectivity index (χ4v) is 4.55. The molecule has 0 radical (unpaired) electrons. The topological polar surface area (TPSA) is 64.0 Å². The Bertz CT molecular complexity index is 1280. The molecule has 1 N–H and O–H groups in total. The molecule has 1 amide bonds. The summed E-state index contributed by atoms with van der Waals surface area (Å²) in [5.41, 5.74) is 3.38. The first-order valence-electron chi connectivity index (χ1n) is 9.55. The van der Waals surface area contributed by atoms with E-state index in [0.29, 0.717) is 10.2 Å². The molecule has 0 bridgehead atoms. The number of fused-ring (bicyclic) bond motifs is 1. The van der Waals surface area contributed by atoms with Crippen LogP contribution in [0, 0.1) is 0 Å². The highest BCUT2D eigenvalue weighted by Crippen LogP contribution is 2.31. The molecule has 4 aromatic rings. The van der Waals surface area contributed by atoms with Crippen LogP contribution in [0.3, 0.4) is 0 Å². The zero-order valence-corrected chi connectivity index (χ0v) is 19.0. The van der Waals surface area contributed by atoms with Gasteiger partial charge in [0.2, 0.25) is 5.91 Å². The normalized spacial score (nSPS) is 11.2. The van der Waals surface area contributed by atoms with E-state index in [4.69, 9.17) is 0 Å². The van der Waals surface area contributed by atoms with Gasteiger partial charge in [0.05, 0.1) is 11.7 Å². The first-order chi connectivity index (χ1) is 14.4. The molecule has 2 aromatic heterocycles. The lowest BCUT2D eigenvalue weighted by atomic mass is 10.0. The molecule has 0 atom stereocenters. The summed E-state index contributed by atoms with van der Waals surface area (Å²) < 4.78 is 2.34. The second kappa shape index (κ2) is 8.53. The minimum Gasteiger partial charge on any atom is -0.324 e. The molecule has 152 valence electrons. The van der Waals surface area contributed by atoms with Gasteiger partial charge >= 0.3 is 0 Å². The van der Waals surface area contributed by atoms with Crippen LogP contribution in [0.15, 0.2) is 69.5 Å². The number of hydrogen-bond donors (Lipinski definition) is 1. The lowest BCUT2D eigenvalue weighted by Gasteiger charge is -2.14. The van der Waals surface area contributed by atoms with Crippen molar-refractivity contribution < 1.29 is 4.79 Å². The average Bonchev–Trinajstić information content (AvgIpc) is 3.16. The third kappa shape index (κ3) is 4.08. The molecule has 7 heteroatoms. The van der Waals surface area contributed by atoms with E-state index in [9.17, 15) is 9.59 Å². The predicted molar refractivity (Wildman–Crippen MR) is 126 cm³/mol. The highest BCUT2D eigenvalue weighted by molar-refractivity contribution is 9.10. The zero-order valence-electron chi connectivity index (χ0n) is 16.6. The number of halogens is 1. The summed E-state index contributed by atoms with van der Waals surface area (Å²) >= 11 is 4.86. The summed E-state index contributed by atoms with van der Waals surface area (Å²) in [5.74, 6) is 0.0216. The lowest BCUT2D eigenvalue weighted by Crippen LogP contribution is -2.28. The number of carbonyl (C=O) groups excluding carboxylic acids is 1. The molecule has 0 aliphatic rings. The van der Waals surface area contributed by atoms with Crippen molar-refractivity contribution in [1.82, 2.24) is 9.55 Å². The molecule has 0 saturated heterocycles. The number of nitrogens with zero attached hydrogens (tertiary/aromatic N) is 2. The number of carbonyl (C=O) groups is 1. The van der Waals surface area contributed by atoms with E-state index in [-0.39, 0.29) is 23.9 Å². The Kier molecular flexibility index (Phi) is 5.83. The summed E-state index contributed by atoms with van der Waals surface area (Å²) in [6.07, 6.45) is 1.44. The van der Waals surface area contributed by atoms with Gasteiger partial charge in [-0.15, -0.1) is 11.3 Å². The molecule has 0 unspecified atom stereocenters. The Labute approximate surface area is 186 Å². The molecular formula is C23H20BrN3O2S. The Hall–Kier alpha value is -2.77. The van der Waals surface area contributed by atoms with Crippen LogP contribution in [0.5, 0.6) is 0 Å². The fraction of sp³-hybridized carbons (Fsp3) is 0.174. The van der Waals surface area contributed by atoms with E-state index >= 15 is 0 Å². The van der Waals surface area contributed by atoms with Crippen molar-refractivity contribution >= 4 is 49.1 Å². The molecule has 0 fully saturated rings. The molecule has 0 saturated carbocycles. The van der Waals surface area contributed by atoms with E-state index < -0.39 is 0 Å². The van der Waals surface area contributed by atoms with Gasteiger partial charge in [-0.2, -0.15) is 0 Å². The van der Waals surface area contributed by atoms with Crippen molar-refractivity contribution in [2.24, 2.45) is 0 Å². The first kappa shape index (κ1) is 20.5. The predicted octanol–water partition coefficient (Wildman–Crippen LogP) is 5.65. The molecule has 0 aliphatic heterocycles. The van der Waals surface area contributed by atoms with E-state index in [0.717, 1.165) is 26.9 Å². The zero-order chi connectivity index (χ0) is 21.3. The number of para-hydroxylation sites is 1. The van der Waals surface area contributed by atoms with Gasteiger partial charge in [-0.25, -0.2) is 4.98 Å². The number of anilines is 1. The Morgan fingerprint density at radius 2 is 1.90 bits per heavy atom. The third-order valence-corrected chi connectivity index (χ3v) is 6.30. The number of nitrogens with one attached hydrogen (secondary N) is 1. The van der Waals surface area contributed by atoms with Gasteiger partial charge in [-0.1, -0.05) is 60.1 Å². The number of benzene rings is 2. The molecule has 4 rings (SSSR count). The van der Waals surface area contributed by atoms with Gasteiger partial charge in [0.1, 0.15) is 11.4 Å². The van der Waals surface area contributed by atoms with Crippen molar-refractivity contribution in [3.8, 4) is 11.1 Å². The number of rotatable bonds is 5. The van der Waals surface area contributed by atoms with Crippen LogP contribution in [0.25, 0.3) is 21.3 Å². The summed E-state index contributed by atoms with van der Waals surface area (Å²) in [7, 11) is 0. The van der Waals surface area contributed by atoms with Crippen LogP contribution in [0.4, 0.5) is 5.69 Å². The number of hydrogen-bond acceptors (Lipinski definition) is 4. The lowest BCUT2D eigenvalue weighted by molar-refractivity contribution is -0.116. The smallest absolute Gasteiger partial charge is 0.263 e. The highest BCUT2D eigenvalue weighted by atomic mass is 79.9. The maximum atomic E-state index is 13.2. The second-order valence-electron chi connectivity index (χ2n) is 7.30. The quantitative estimate of drug-likeness (QED) is 0.400. The van der Waals surface area contributed by atoms with Crippen LogP contribution >= 0.6 is 27.3 Å². The number of thiophene rings is 1. The SMILES string of the molecule is CC(C)c1ccccc1NC(=O)Cn1cnc2scc(-c3ccc(Br)cc3)c2c1=O. The molecule has 5 nitrogen and oxygen atoms in total. The van der Waals surface area contributed by atoms with Crippen molar-refractivity contribution in [2.45, 2.75) is 26.3 Å². The second-order valence-corrected chi connectivity index (χ2v) is 9.08.